The Morgan fingerprint density at radius 1 is 1.00 bits per heavy atom. The zero-order valence-electron chi connectivity index (χ0n) is 10.5. The number of rotatable bonds is 4. The Balaban J connectivity index is 2.70. The minimum absolute atomic E-state index is 0.0213. The van der Waals surface area contributed by atoms with Crippen LogP contribution in [0.5, 0.6) is 0 Å². The molecule has 1 rings (SSSR count). The van der Waals surface area contributed by atoms with E-state index in [0.29, 0.717) is 11.8 Å². The third-order valence-corrected chi connectivity index (χ3v) is 2.77. The van der Waals surface area contributed by atoms with Gasteiger partial charge in [-0.2, -0.15) is 0 Å². The van der Waals surface area contributed by atoms with Crippen LogP contribution in [0.25, 0.3) is 0 Å². The molecular weight excluding hydrogens is 198 g/mol. The normalized spacial score (nSPS) is 11.2. The van der Waals surface area contributed by atoms with Crippen LogP contribution < -0.4 is 5.32 Å². The largest absolute Gasteiger partial charge is 0.349 e. The van der Waals surface area contributed by atoms with Crippen molar-refractivity contribution in [3.63, 3.8) is 0 Å². The highest BCUT2D eigenvalue weighted by molar-refractivity contribution is 5.94. The molecule has 0 fully saturated rings. The first-order valence-corrected chi connectivity index (χ1v) is 5.88. The van der Waals surface area contributed by atoms with Crippen LogP contribution in [0, 0.1) is 11.8 Å². The topological polar surface area (TPSA) is 29.1 Å². The summed E-state index contributed by atoms with van der Waals surface area (Å²) < 4.78 is 0. The number of hydrogen-bond donors (Lipinski definition) is 1. The fourth-order valence-electron chi connectivity index (χ4n) is 1.93. The van der Waals surface area contributed by atoms with Gasteiger partial charge in [0.15, 0.2) is 0 Å². The second-order valence-electron chi connectivity index (χ2n) is 4.85. The molecule has 0 spiro atoms. The molecule has 0 aliphatic carbocycles. The first-order valence-electron chi connectivity index (χ1n) is 5.88. The van der Waals surface area contributed by atoms with Crippen molar-refractivity contribution in [1.29, 1.82) is 0 Å². The number of hydrogen-bond acceptors (Lipinski definition) is 1. The van der Waals surface area contributed by atoms with Gasteiger partial charge in [-0.05, 0) is 24.0 Å². The van der Waals surface area contributed by atoms with Gasteiger partial charge < -0.3 is 5.32 Å². The minimum Gasteiger partial charge on any atom is -0.349 e. The second kappa shape index (κ2) is 5.69. The van der Waals surface area contributed by atoms with Crippen molar-refractivity contribution in [1.82, 2.24) is 5.32 Å². The summed E-state index contributed by atoms with van der Waals surface area (Å²) >= 11 is 0. The van der Waals surface area contributed by atoms with Crippen molar-refractivity contribution >= 4 is 5.91 Å². The van der Waals surface area contributed by atoms with Crippen molar-refractivity contribution in [2.24, 2.45) is 11.8 Å². The maximum absolute atomic E-state index is 12.0. The molecule has 0 aliphatic rings. The monoisotopic (exact) mass is 219 g/mol. The lowest BCUT2D eigenvalue weighted by molar-refractivity contribution is 0.0910. The van der Waals surface area contributed by atoms with Gasteiger partial charge in [0.05, 0.1) is 0 Å². The molecule has 0 radical (unpaired) electrons. The smallest absolute Gasteiger partial charge is 0.251 e. The molecule has 1 aromatic rings. The van der Waals surface area contributed by atoms with Gasteiger partial charge in [0.25, 0.3) is 5.91 Å². The molecule has 16 heavy (non-hydrogen) atoms. The van der Waals surface area contributed by atoms with Gasteiger partial charge in [0.2, 0.25) is 0 Å². The second-order valence-corrected chi connectivity index (χ2v) is 4.85. The van der Waals surface area contributed by atoms with E-state index in [0.717, 1.165) is 5.56 Å². The van der Waals surface area contributed by atoms with E-state index in [2.05, 4.69) is 33.0 Å². The maximum atomic E-state index is 12.0. The van der Waals surface area contributed by atoms with E-state index in [4.69, 9.17) is 0 Å². The molecule has 88 valence electrons. The lowest BCUT2D eigenvalue weighted by Crippen LogP contribution is -2.42. The first-order chi connectivity index (χ1) is 7.52. The highest BCUT2D eigenvalue weighted by Gasteiger charge is 2.19. The van der Waals surface area contributed by atoms with Crippen molar-refractivity contribution in [2.45, 2.75) is 33.7 Å². The molecule has 1 N–H and O–H groups in total. The number of amides is 1. The van der Waals surface area contributed by atoms with E-state index in [-0.39, 0.29) is 11.9 Å². The lowest BCUT2D eigenvalue weighted by atomic mass is 9.93. The quantitative estimate of drug-likeness (QED) is 0.828. The average Bonchev–Trinajstić information content (AvgIpc) is 2.25. The molecule has 0 aromatic heterocycles. The summed E-state index contributed by atoms with van der Waals surface area (Å²) in [7, 11) is 0. The Morgan fingerprint density at radius 2 is 1.50 bits per heavy atom. The predicted molar refractivity (Wildman–Crippen MR) is 67.4 cm³/mol. The summed E-state index contributed by atoms with van der Waals surface area (Å²) in [6.45, 7) is 8.54. The molecular formula is C14H21NO. The van der Waals surface area contributed by atoms with Crippen molar-refractivity contribution < 1.29 is 4.79 Å². The standard InChI is InChI=1S/C14H21NO/c1-10(2)13(11(3)4)15-14(16)12-8-6-5-7-9-12/h5-11,13H,1-4H3,(H,15,16). The van der Waals surface area contributed by atoms with Gasteiger partial charge in [-0.15, -0.1) is 0 Å². The summed E-state index contributed by atoms with van der Waals surface area (Å²) in [5.41, 5.74) is 0.730. The number of carbonyl (C=O) groups is 1. The van der Waals surface area contributed by atoms with Gasteiger partial charge in [0, 0.05) is 11.6 Å². The molecule has 2 nitrogen and oxygen atoms in total. The van der Waals surface area contributed by atoms with Gasteiger partial charge in [0.1, 0.15) is 0 Å². The van der Waals surface area contributed by atoms with Crippen LogP contribution in [-0.2, 0) is 0 Å². The van der Waals surface area contributed by atoms with Gasteiger partial charge >= 0.3 is 0 Å². The van der Waals surface area contributed by atoms with Crippen LogP contribution in [0.3, 0.4) is 0 Å². The predicted octanol–water partition coefficient (Wildman–Crippen LogP) is 3.10. The molecule has 0 heterocycles. The Hall–Kier alpha value is -1.31. The summed E-state index contributed by atoms with van der Waals surface area (Å²) in [6, 6.07) is 9.59. The fraction of sp³-hybridized carbons (Fsp3) is 0.500. The summed E-state index contributed by atoms with van der Waals surface area (Å²) in [5, 5.41) is 3.09. The fourth-order valence-corrected chi connectivity index (χ4v) is 1.93. The maximum Gasteiger partial charge on any atom is 0.251 e. The summed E-state index contributed by atoms with van der Waals surface area (Å²) in [6.07, 6.45) is 0. The van der Waals surface area contributed by atoms with Crippen LogP contribution in [0.15, 0.2) is 30.3 Å². The highest BCUT2D eigenvalue weighted by Crippen LogP contribution is 2.12. The van der Waals surface area contributed by atoms with Crippen LogP contribution >= 0.6 is 0 Å². The molecule has 0 aliphatic heterocycles. The number of carbonyl (C=O) groups excluding carboxylic acids is 1. The van der Waals surface area contributed by atoms with Gasteiger partial charge in [-0.1, -0.05) is 45.9 Å². The van der Waals surface area contributed by atoms with Crippen molar-refractivity contribution in [3.05, 3.63) is 35.9 Å². The van der Waals surface area contributed by atoms with Crippen LogP contribution in [0.2, 0.25) is 0 Å². The van der Waals surface area contributed by atoms with Gasteiger partial charge in [-0.25, -0.2) is 0 Å². The van der Waals surface area contributed by atoms with E-state index in [1.54, 1.807) is 0 Å². The summed E-state index contributed by atoms with van der Waals surface area (Å²) in [4.78, 5) is 12.0. The molecule has 0 bridgehead atoms. The van der Waals surface area contributed by atoms with Crippen LogP contribution in [-0.4, -0.2) is 11.9 Å². The molecule has 0 atom stereocenters. The summed E-state index contributed by atoms with van der Waals surface area (Å²) in [5.74, 6) is 0.924. The van der Waals surface area contributed by atoms with E-state index >= 15 is 0 Å². The van der Waals surface area contributed by atoms with Crippen LogP contribution in [0.4, 0.5) is 0 Å². The molecule has 1 amide bonds. The molecule has 0 saturated heterocycles. The molecule has 0 unspecified atom stereocenters. The van der Waals surface area contributed by atoms with Gasteiger partial charge in [-0.3, -0.25) is 4.79 Å². The van der Waals surface area contributed by atoms with E-state index in [1.807, 2.05) is 30.3 Å². The Kier molecular flexibility index (Phi) is 4.53. The van der Waals surface area contributed by atoms with E-state index < -0.39 is 0 Å². The van der Waals surface area contributed by atoms with Crippen molar-refractivity contribution in [2.75, 3.05) is 0 Å². The Bertz CT molecular complexity index is 322. The zero-order chi connectivity index (χ0) is 12.1. The zero-order valence-corrected chi connectivity index (χ0v) is 10.5. The van der Waals surface area contributed by atoms with E-state index in [9.17, 15) is 4.79 Å². The SMILES string of the molecule is CC(C)C(NC(=O)c1ccccc1)C(C)C. The first kappa shape index (κ1) is 12.8. The Labute approximate surface area is 98.1 Å². The third-order valence-electron chi connectivity index (χ3n) is 2.77. The van der Waals surface area contributed by atoms with Crippen molar-refractivity contribution in [3.8, 4) is 0 Å². The highest BCUT2D eigenvalue weighted by atomic mass is 16.1. The van der Waals surface area contributed by atoms with Crippen LogP contribution in [0.1, 0.15) is 38.1 Å². The average molecular weight is 219 g/mol. The molecule has 1 aromatic carbocycles. The Morgan fingerprint density at radius 3 is 1.94 bits per heavy atom. The molecule has 2 heteroatoms. The van der Waals surface area contributed by atoms with E-state index in [1.165, 1.54) is 0 Å². The molecule has 0 saturated carbocycles. The third kappa shape index (κ3) is 3.37. The lowest BCUT2D eigenvalue weighted by Gasteiger charge is -2.26. The minimum atomic E-state index is 0.0213. The number of benzene rings is 1. The number of nitrogens with one attached hydrogen (secondary N) is 1.